The number of quaternary nitrogens is 1. The van der Waals surface area contributed by atoms with Crippen molar-refractivity contribution in [3.8, 4) is 5.75 Å². The van der Waals surface area contributed by atoms with Crippen LogP contribution in [0.3, 0.4) is 0 Å². The molecule has 1 fully saturated rings. The SMILES string of the molecule is CCC(=O)c1ccc(OCC(=O)N2CC[NH+](Cc3nc4ccccc4s3)CC2)cc1. The number of rotatable bonds is 7. The predicted octanol–water partition coefficient (Wildman–Crippen LogP) is 2.20. The van der Waals surface area contributed by atoms with Crippen molar-refractivity contribution in [3.63, 3.8) is 0 Å². The number of fused-ring (bicyclic) bond motifs is 1. The van der Waals surface area contributed by atoms with Gasteiger partial charge in [0.2, 0.25) is 0 Å². The van der Waals surface area contributed by atoms with E-state index < -0.39 is 0 Å². The summed E-state index contributed by atoms with van der Waals surface area (Å²) >= 11 is 1.75. The van der Waals surface area contributed by atoms with Gasteiger partial charge in [0.25, 0.3) is 5.91 Å². The van der Waals surface area contributed by atoms with Gasteiger partial charge in [-0.1, -0.05) is 19.1 Å². The van der Waals surface area contributed by atoms with Crippen LogP contribution in [0.15, 0.2) is 48.5 Å². The number of nitrogens with one attached hydrogen (secondary N) is 1. The maximum atomic E-state index is 12.5. The summed E-state index contributed by atoms with van der Waals surface area (Å²) in [7, 11) is 0. The van der Waals surface area contributed by atoms with E-state index in [4.69, 9.17) is 9.72 Å². The summed E-state index contributed by atoms with van der Waals surface area (Å²) < 4.78 is 6.85. The smallest absolute Gasteiger partial charge is 0.260 e. The van der Waals surface area contributed by atoms with E-state index in [1.54, 1.807) is 35.6 Å². The van der Waals surface area contributed by atoms with Crippen molar-refractivity contribution in [2.24, 2.45) is 0 Å². The van der Waals surface area contributed by atoms with E-state index in [0.717, 1.165) is 43.2 Å². The van der Waals surface area contributed by atoms with Crippen molar-refractivity contribution >= 4 is 33.2 Å². The maximum Gasteiger partial charge on any atom is 0.260 e. The number of carbonyl (C=O) groups is 2. The van der Waals surface area contributed by atoms with E-state index in [9.17, 15) is 9.59 Å². The Hall–Kier alpha value is -2.77. The van der Waals surface area contributed by atoms with Gasteiger partial charge >= 0.3 is 0 Å². The third kappa shape index (κ3) is 4.86. The Morgan fingerprint density at radius 2 is 1.83 bits per heavy atom. The molecule has 2 aromatic carbocycles. The molecule has 0 spiro atoms. The van der Waals surface area contributed by atoms with Crippen molar-refractivity contribution in [2.75, 3.05) is 32.8 Å². The molecule has 1 aliphatic heterocycles. The fourth-order valence-corrected chi connectivity index (χ4v) is 4.68. The van der Waals surface area contributed by atoms with Crippen molar-refractivity contribution in [2.45, 2.75) is 19.9 Å². The first kappa shape index (κ1) is 20.5. The van der Waals surface area contributed by atoms with E-state index in [1.165, 1.54) is 9.60 Å². The van der Waals surface area contributed by atoms with Crippen LogP contribution in [0.5, 0.6) is 5.75 Å². The molecule has 0 atom stereocenters. The number of ether oxygens (including phenoxy) is 1. The Balaban J connectivity index is 1.23. The first-order valence-electron chi connectivity index (χ1n) is 10.3. The molecule has 0 saturated carbocycles. The van der Waals surface area contributed by atoms with Gasteiger partial charge in [-0.3, -0.25) is 9.59 Å². The number of para-hydroxylation sites is 1. The molecule has 156 valence electrons. The first-order chi connectivity index (χ1) is 14.6. The molecule has 1 aliphatic rings. The van der Waals surface area contributed by atoms with Crippen molar-refractivity contribution in [3.05, 3.63) is 59.1 Å². The molecular weight excluding hydrogens is 398 g/mol. The summed E-state index contributed by atoms with van der Waals surface area (Å²) in [5.41, 5.74) is 1.73. The lowest BCUT2D eigenvalue weighted by molar-refractivity contribution is -0.917. The van der Waals surface area contributed by atoms with Crippen LogP contribution in [0.1, 0.15) is 28.7 Å². The number of carbonyl (C=O) groups excluding carboxylic acids is 2. The highest BCUT2D eigenvalue weighted by Gasteiger charge is 2.24. The fourth-order valence-electron chi connectivity index (χ4n) is 3.64. The van der Waals surface area contributed by atoms with Crippen LogP contribution in [-0.4, -0.2) is 54.4 Å². The Morgan fingerprint density at radius 3 is 2.53 bits per heavy atom. The van der Waals surface area contributed by atoms with Crippen LogP contribution in [-0.2, 0) is 11.3 Å². The summed E-state index contributed by atoms with van der Waals surface area (Å²) in [6.07, 6.45) is 0.478. The van der Waals surface area contributed by atoms with Gasteiger partial charge in [-0.25, -0.2) is 4.98 Å². The third-order valence-corrected chi connectivity index (χ3v) is 6.46. The number of piperazine rings is 1. The third-order valence-electron chi connectivity index (χ3n) is 5.42. The van der Waals surface area contributed by atoms with Gasteiger partial charge in [-0.05, 0) is 36.4 Å². The average Bonchev–Trinajstić information content (AvgIpc) is 3.20. The molecule has 30 heavy (non-hydrogen) atoms. The summed E-state index contributed by atoms with van der Waals surface area (Å²) in [6.45, 7) is 6.05. The number of benzene rings is 2. The molecule has 0 aliphatic carbocycles. The Bertz CT molecular complexity index is 991. The lowest BCUT2D eigenvalue weighted by atomic mass is 10.1. The summed E-state index contributed by atoms with van der Waals surface area (Å²) in [6, 6.07) is 15.2. The normalized spacial score (nSPS) is 14.8. The van der Waals surface area contributed by atoms with Gasteiger partial charge in [0.15, 0.2) is 12.4 Å². The second kappa shape index (κ2) is 9.36. The summed E-state index contributed by atoms with van der Waals surface area (Å²) in [5, 5.41) is 1.15. The molecule has 0 radical (unpaired) electrons. The molecule has 0 bridgehead atoms. The van der Waals surface area contributed by atoms with E-state index in [0.29, 0.717) is 17.7 Å². The largest absolute Gasteiger partial charge is 0.484 e. The minimum atomic E-state index is 0.00254. The van der Waals surface area contributed by atoms with E-state index >= 15 is 0 Å². The van der Waals surface area contributed by atoms with Crippen molar-refractivity contribution in [1.29, 1.82) is 0 Å². The average molecular weight is 425 g/mol. The summed E-state index contributed by atoms with van der Waals surface area (Å²) in [4.78, 5) is 32.2. The zero-order valence-corrected chi connectivity index (χ0v) is 17.9. The predicted molar refractivity (Wildman–Crippen MR) is 117 cm³/mol. The Morgan fingerprint density at radius 1 is 1.10 bits per heavy atom. The van der Waals surface area contributed by atoms with Crippen LogP contribution in [0, 0.1) is 0 Å². The number of amides is 1. The minimum Gasteiger partial charge on any atom is -0.484 e. The lowest BCUT2D eigenvalue weighted by Crippen LogP contribution is -3.13. The topological polar surface area (TPSA) is 63.9 Å². The Labute approximate surface area is 180 Å². The highest BCUT2D eigenvalue weighted by atomic mass is 32.1. The molecular formula is C23H26N3O3S+. The zero-order chi connectivity index (χ0) is 20.9. The van der Waals surface area contributed by atoms with Crippen molar-refractivity contribution < 1.29 is 19.2 Å². The summed E-state index contributed by atoms with van der Waals surface area (Å²) in [5.74, 6) is 0.711. The number of hydrogen-bond donors (Lipinski definition) is 1. The van der Waals surface area contributed by atoms with Crippen LogP contribution in [0.4, 0.5) is 0 Å². The highest BCUT2D eigenvalue weighted by Crippen LogP contribution is 2.20. The number of thiazole rings is 1. The van der Waals surface area contributed by atoms with Gasteiger partial charge in [-0.15, -0.1) is 11.3 Å². The Kier molecular flexibility index (Phi) is 6.40. The fraction of sp³-hybridized carbons (Fsp3) is 0.348. The molecule has 1 N–H and O–H groups in total. The monoisotopic (exact) mass is 424 g/mol. The molecule has 2 heterocycles. The molecule has 1 amide bonds. The van der Waals surface area contributed by atoms with Gasteiger partial charge in [0.05, 0.1) is 36.4 Å². The molecule has 0 unspecified atom stereocenters. The molecule has 6 nitrogen and oxygen atoms in total. The van der Waals surface area contributed by atoms with Crippen LogP contribution < -0.4 is 9.64 Å². The minimum absolute atomic E-state index is 0.00254. The number of Topliss-reactive ketones (excluding diaryl/α,β-unsaturated/α-hetero) is 1. The van der Waals surface area contributed by atoms with Crippen LogP contribution in [0.25, 0.3) is 10.2 Å². The number of ketones is 1. The highest BCUT2D eigenvalue weighted by molar-refractivity contribution is 7.18. The standard InChI is InChI=1S/C23H25N3O3S/c1-2-20(27)17-7-9-18(10-8-17)29-16-23(28)26-13-11-25(12-14-26)15-22-24-19-5-3-4-6-21(19)30-22/h3-10H,2,11-16H2,1H3/p+1. The maximum absolute atomic E-state index is 12.5. The van der Waals surface area contributed by atoms with Gasteiger partial charge in [0.1, 0.15) is 17.3 Å². The number of nitrogens with zero attached hydrogens (tertiary/aromatic N) is 2. The lowest BCUT2D eigenvalue weighted by Gasteiger charge is -2.31. The zero-order valence-electron chi connectivity index (χ0n) is 17.1. The van der Waals surface area contributed by atoms with E-state index in [2.05, 4.69) is 12.1 Å². The molecule has 4 rings (SSSR count). The number of aromatic nitrogens is 1. The van der Waals surface area contributed by atoms with Crippen LogP contribution >= 0.6 is 11.3 Å². The van der Waals surface area contributed by atoms with Crippen LogP contribution in [0.2, 0.25) is 0 Å². The first-order valence-corrected chi connectivity index (χ1v) is 11.2. The molecule has 3 aromatic rings. The van der Waals surface area contributed by atoms with Crippen molar-refractivity contribution in [1.82, 2.24) is 9.88 Å². The van der Waals surface area contributed by atoms with E-state index in [-0.39, 0.29) is 18.3 Å². The van der Waals surface area contributed by atoms with Gasteiger partial charge in [0, 0.05) is 12.0 Å². The van der Waals surface area contributed by atoms with E-state index in [1.807, 2.05) is 24.0 Å². The second-order valence-corrected chi connectivity index (χ2v) is 8.59. The molecule has 1 aromatic heterocycles. The molecule has 1 saturated heterocycles. The van der Waals surface area contributed by atoms with Gasteiger partial charge in [-0.2, -0.15) is 0 Å². The second-order valence-electron chi connectivity index (χ2n) is 7.47. The molecule has 7 heteroatoms. The van der Waals surface area contributed by atoms with Gasteiger partial charge < -0.3 is 14.5 Å². The quantitative estimate of drug-likeness (QED) is 0.591. The number of hydrogen-bond acceptors (Lipinski definition) is 5.